The number of aliphatic hydroxyl groups excluding tert-OH is 1. The Labute approximate surface area is 91.5 Å². The predicted molar refractivity (Wildman–Crippen MR) is 62.7 cm³/mol. The third-order valence-corrected chi connectivity index (χ3v) is 2.36. The Kier molecular flexibility index (Phi) is 4.75. The summed E-state index contributed by atoms with van der Waals surface area (Å²) >= 11 is 0. The van der Waals surface area contributed by atoms with Gasteiger partial charge in [0.15, 0.2) is 0 Å². The first kappa shape index (κ1) is 12.2. The van der Waals surface area contributed by atoms with Crippen LogP contribution in [0.2, 0.25) is 0 Å². The van der Waals surface area contributed by atoms with Crippen molar-refractivity contribution in [2.24, 2.45) is 5.73 Å². The number of nitrogens with two attached hydrogens (primary N) is 1. The maximum absolute atomic E-state index is 9.78. The van der Waals surface area contributed by atoms with E-state index in [1.807, 2.05) is 49.3 Å². The maximum atomic E-state index is 9.78. The standard InChI is InChI=1S/C12H20N2O/c1-14(2)9-12(15)11(13)8-10-6-4-3-5-7-10/h3-7,11-12,15H,8-9,13H2,1-2H3/t11-,12+/m1/s1. The summed E-state index contributed by atoms with van der Waals surface area (Å²) in [5, 5.41) is 9.78. The van der Waals surface area contributed by atoms with Gasteiger partial charge in [0.1, 0.15) is 0 Å². The van der Waals surface area contributed by atoms with Crippen molar-refractivity contribution in [1.29, 1.82) is 0 Å². The molecule has 84 valence electrons. The molecular formula is C12H20N2O. The van der Waals surface area contributed by atoms with Gasteiger partial charge in [-0.1, -0.05) is 30.3 Å². The maximum Gasteiger partial charge on any atom is 0.0820 e. The van der Waals surface area contributed by atoms with Crippen molar-refractivity contribution in [3.63, 3.8) is 0 Å². The van der Waals surface area contributed by atoms with Gasteiger partial charge in [-0.25, -0.2) is 0 Å². The van der Waals surface area contributed by atoms with Crippen LogP contribution in [-0.4, -0.2) is 42.8 Å². The minimum atomic E-state index is -0.472. The van der Waals surface area contributed by atoms with E-state index in [-0.39, 0.29) is 6.04 Å². The Morgan fingerprint density at radius 1 is 1.27 bits per heavy atom. The summed E-state index contributed by atoms with van der Waals surface area (Å²) < 4.78 is 0. The molecule has 15 heavy (non-hydrogen) atoms. The summed E-state index contributed by atoms with van der Waals surface area (Å²) in [7, 11) is 3.86. The van der Waals surface area contributed by atoms with Crippen molar-refractivity contribution in [2.75, 3.05) is 20.6 Å². The van der Waals surface area contributed by atoms with Crippen molar-refractivity contribution < 1.29 is 5.11 Å². The van der Waals surface area contributed by atoms with Crippen LogP contribution in [0.1, 0.15) is 5.56 Å². The third kappa shape index (κ3) is 4.42. The zero-order valence-electron chi connectivity index (χ0n) is 9.43. The van der Waals surface area contributed by atoms with E-state index < -0.39 is 6.10 Å². The van der Waals surface area contributed by atoms with Gasteiger partial charge in [-0.05, 0) is 26.1 Å². The fraction of sp³-hybridized carbons (Fsp3) is 0.500. The minimum absolute atomic E-state index is 0.199. The van der Waals surface area contributed by atoms with E-state index in [0.29, 0.717) is 6.54 Å². The van der Waals surface area contributed by atoms with Gasteiger partial charge < -0.3 is 15.7 Å². The van der Waals surface area contributed by atoms with E-state index in [4.69, 9.17) is 5.73 Å². The van der Waals surface area contributed by atoms with Crippen LogP contribution in [0.15, 0.2) is 30.3 Å². The molecule has 0 aliphatic heterocycles. The summed E-state index contributed by atoms with van der Waals surface area (Å²) in [4.78, 5) is 1.94. The topological polar surface area (TPSA) is 49.5 Å². The molecule has 0 radical (unpaired) electrons. The number of rotatable bonds is 5. The summed E-state index contributed by atoms with van der Waals surface area (Å²) in [6.07, 6.45) is 0.246. The smallest absolute Gasteiger partial charge is 0.0820 e. The summed E-state index contributed by atoms with van der Waals surface area (Å²) in [6.45, 7) is 0.605. The lowest BCUT2D eigenvalue weighted by Crippen LogP contribution is -2.42. The first-order valence-corrected chi connectivity index (χ1v) is 5.22. The molecule has 0 saturated carbocycles. The number of aliphatic hydroxyl groups is 1. The van der Waals surface area contributed by atoms with Crippen LogP contribution in [-0.2, 0) is 6.42 Å². The van der Waals surface area contributed by atoms with Gasteiger partial charge >= 0.3 is 0 Å². The van der Waals surface area contributed by atoms with E-state index in [1.165, 1.54) is 5.56 Å². The average Bonchev–Trinajstić information content (AvgIpc) is 2.18. The highest BCUT2D eigenvalue weighted by atomic mass is 16.3. The lowest BCUT2D eigenvalue weighted by atomic mass is 10.0. The average molecular weight is 208 g/mol. The Bertz CT molecular complexity index is 274. The fourth-order valence-corrected chi connectivity index (χ4v) is 1.53. The summed E-state index contributed by atoms with van der Waals surface area (Å²) in [6, 6.07) is 9.81. The molecule has 0 aromatic heterocycles. The van der Waals surface area contributed by atoms with Crippen molar-refractivity contribution >= 4 is 0 Å². The second-order valence-electron chi connectivity index (χ2n) is 4.18. The van der Waals surface area contributed by atoms with E-state index in [9.17, 15) is 5.11 Å². The normalized spacial score (nSPS) is 15.3. The van der Waals surface area contributed by atoms with Crippen LogP contribution in [0.4, 0.5) is 0 Å². The zero-order chi connectivity index (χ0) is 11.3. The number of nitrogens with zero attached hydrogens (tertiary/aromatic N) is 1. The highest BCUT2D eigenvalue weighted by molar-refractivity contribution is 5.16. The number of likely N-dealkylation sites (N-methyl/N-ethyl adjacent to an activating group) is 1. The molecule has 0 amide bonds. The highest BCUT2D eigenvalue weighted by Crippen LogP contribution is 2.04. The van der Waals surface area contributed by atoms with Crippen molar-refractivity contribution in [1.82, 2.24) is 4.90 Å². The Morgan fingerprint density at radius 2 is 1.87 bits per heavy atom. The monoisotopic (exact) mass is 208 g/mol. The Hall–Kier alpha value is -0.900. The van der Waals surface area contributed by atoms with Crippen LogP contribution in [0.25, 0.3) is 0 Å². The molecule has 0 aliphatic rings. The molecule has 0 fully saturated rings. The molecule has 0 saturated heterocycles. The van der Waals surface area contributed by atoms with Gasteiger partial charge in [0, 0.05) is 12.6 Å². The van der Waals surface area contributed by atoms with Gasteiger partial charge in [0.05, 0.1) is 6.10 Å². The molecule has 3 N–H and O–H groups in total. The highest BCUT2D eigenvalue weighted by Gasteiger charge is 2.15. The van der Waals surface area contributed by atoms with Crippen molar-refractivity contribution in [2.45, 2.75) is 18.6 Å². The fourth-order valence-electron chi connectivity index (χ4n) is 1.53. The predicted octanol–water partition coefficient (Wildman–Crippen LogP) is 0.479. The second-order valence-corrected chi connectivity index (χ2v) is 4.18. The van der Waals surface area contributed by atoms with Crippen LogP contribution >= 0.6 is 0 Å². The van der Waals surface area contributed by atoms with E-state index in [0.717, 1.165) is 6.42 Å². The van der Waals surface area contributed by atoms with Gasteiger partial charge in [-0.2, -0.15) is 0 Å². The Balaban J connectivity index is 2.45. The molecule has 0 bridgehead atoms. The quantitative estimate of drug-likeness (QED) is 0.740. The Morgan fingerprint density at radius 3 is 2.40 bits per heavy atom. The number of hydrogen-bond donors (Lipinski definition) is 2. The van der Waals surface area contributed by atoms with E-state index in [2.05, 4.69) is 0 Å². The molecule has 3 heteroatoms. The molecule has 0 heterocycles. The molecule has 1 rings (SSSR count). The van der Waals surface area contributed by atoms with Crippen LogP contribution in [0, 0.1) is 0 Å². The lowest BCUT2D eigenvalue weighted by molar-refractivity contribution is 0.111. The van der Waals surface area contributed by atoms with Gasteiger partial charge in [-0.3, -0.25) is 0 Å². The van der Waals surface area contributed by atoms with Crippen molar-refractivity contribution in [3.8, 4) is 0 Å². The zero-order valence-corrected chi connectivity index (χ0v) is 9.43. The molecule has 2 atom stereocenters. The van der Waals surface area contributed by atoms with E-state index >= 15 is 0 Å². The molecule has 1 aromatic carbocycles. The van der Waals surface area contributed by atoms with Crippen LogP contribution in [0.3, 0.4) is 0 Å². The number of benzene rings is 1. The van der Waals surface area contributed by atoms with Crippen LogP contribution in [0.5, 0.6) is 0 Å². The molecular weight excluding hydrogens is 188 g/mol. The first-order chi connectivity index (χ1) is 7.09. The molecule has 0 aliphatic carbocycles. The molecule has 1 aromatic rings. The number of hydrogen-bond acceptors (Lipinski definition) is 3. The van der Waals surface area contributed by atoms with Crippen LogP contribution < -0.4 is 5.73 Å². The summed E-state index contributed by atoms with van der Waals surface area (Å²) in [5.74, 6) is 0. The summed E-state index contributed by atoms with van der Waals surface area (Å²) in [5.41, 5.74) is 7.09. The van der Waals surface area contributed by atoms with Gasteiger partial charge in [0.2, 0.25) is 0 Å². The SMILES string of the molecule is CN(C)C[C@H](O)[C@H](N)Cc1ccccc1. The van der Waals surface area contributed by atoms with E-state index in [1.54, 1.807) is 0 Å². The van der Waals surface area contributed by atoms with Gasteiger partial charge in [-0.15, -0.1) is 0 Å². The first-order valence-electron chi connectivity index (χ1n) is 5.22. The van der Waals surface area contributed by atoms with Crippen molar-refractivity contribution in [3.05, 3.63) is 35.9 Å². The largest absolute Gasteiger partial charge is 0.390 e. The lowest BCUT2D eigenvalue weighted by Gasteiger charge is -2.22. The molecule has 0 unspecified atom stereocenters. The van der Waals surface area contributed by atoms with Gasteiger partial charge in [0.25, 0.3) is 0 Å². The minimum Gasteiger partial charge on any atom is -0.390 e. The molecule has 3 nitrogen and oxygen atoms in total. The third-order valence-electron chi connectivity index (χ3n) is 2.36. The second kappa shape index (κ2) is 5.85. The molecule has 0 spiro atoms.